The summed E-state index contributed by atoms with van der Waals surface area (Å²) in [5.41, 5.74) is 0.101. The Morgan fingerprint density at radius 3 is 2.44 bits per heavy atom. The van der Waals surface area contributed by atoms with Crippen molar-refractivity contribution in [2.75, 3.05) is 26.2 Å². The maximum absolute atomic E-state index is 10.4. The lowest BCUT2D eigenvalue weighted by Gasteiger charge is -2.48. The number of hydrogen-bond acceptors (Lipinski definition) is 3. The van der Waals surface area contributed by atoms with Crippen molar-refractivity contribution in [1.82, 2.24) is 4.90 Å². The number of carboxylic acid groups (broad SMARTS) is 1. The van der Waals surface area contributed by atoms with Gasteiger partial charge in [-0.2, -0.15) is 0 Å². The summed E-state index contributed by atoms with van der Waals surface area (Å²) in [5, 5.41) is 8.53. The standard InChI is InChI=1S/C12H23NO3/c1-11(2,3)5-6-13-8-12(4,9-13)16-7-10(14)15/h5-9H2,1-4H3,(H,14,15). The second-order valence-electron chi connectivity index (χ2n) is 6.15. The third kappa shape index (κ3) is 4.49. The van der Waals surface area contributed by atoms with E-state index < -0.39 is 5.97 Å². The largest absolute Gasteiger partial charge is 0.480 e. The minimum atomic E-state index is -0.894. The zero-order chi connectivity index (χ0) is 12.4. The molecular formula is C12H23NO3. The number of likely N-dealkylation sites (tertiary alicyclic amines) is 1. The van der Waals surface area contributed by atoms with Crippen LogP contribution in [-0.2, 0) is 9.53 Å². The summed E-state index contributed by atoms with van der Waals surface area (Å²) in [6, 6.07) is 0. The first kappa shape index (κ1) is 13.5. The van der Waals surface area contributed by atoms with E-state index in [1.165, 1.54) is 0 Å². The Morgan fingerprint density at radius 1 is 1.44 bits per heavy atom. The van der Waals surface area contributed by atoms with Crippen molar-refractivity contribution in [1.29, 1.82) is 0 Å². The summed E-state index contributed by atoms with van der Waals surface area (Å²) < 4.78 is 5.35. The summed E-state index contributed by atoms with van der Waals surface area (Å²) in [4.78, 5) is 12.7. The van der Waals surface area contributed by atoms with Crippen molar-refractivity contribution < 1.29 is 14.6 Å². The van der Waals surface area contributed by atoms with Crippen LogP contribution in [0.25, 0.3) is 0 Å². The van der Waals surface area contributed by atoms with E-state index in [1.807, 2.05) is 6.92 Å². The molecule has 94 valence electrons. The van der Waals surface area contributed by atoms with Crippen LogP contribution in [0, 0.1) is 5.41 Å². The molecule has 0 atom stereocenters. The van der Waals surface area contributed by atoms with E-state index in [1.54, 1.807) is 0 Å². The highest BCUT2D eigenvalue weighted by atomic mass is 16.5. The van der Waals surface area contributed by atoms with Gasteiger partial charge in [0.05, 0.1) is 5.60 Å². The summed E-state index contributed by atoms with van der Waals surface area (Å²) in [5.74, 6) is -0.894. The minimum Gasteiger partial charge on any atom is -0.480 e. The molecule has 0 amide bonds. The summed E-state index contributed by atoms with van der Waals surface area (Å²) in [6.45, 7) is 11.2. The fraction of sp³-hybridized carbons (Fsp3) is 0.917. The maximum Gasteiger partial charge on any atom is 0.329 e. The van der Waals surface area contributed by atoms with E-state index in [9.17, 15) is 4.79 Å². The molecule has 0 bridgehead atoms. The van der Waals surface area contributed by atoms with Gasteiger partial charge >= 0.3 is 5.97 Å². The van der Waals surface area contributed by atoms with Gasteiger partial charge in [0.1, 0.15) is 6.61 Å². The molecule has 0 radical (unpaired) electrons. The Morgan fingerprint density at radius 2 is 2.00 bits per heavy atom. The molecule has 4 heteroatoms. The molecule has 1 saturated heterocycles. The first-order valence-electron chi connectivity index (χ1n) is 5.78. The Balaban J connectivity index is 2.18. The number of hydrogen-bond donors (Lipinski definition) is 1. The van der Waals surface area contributed by atoms with Crippen molar-refractivity contribution in [2.24, 2.45) is 5.41 Å². The van der Waals surface area contributed by atoms with Crippen LogP contribution >= 0.6 is 0 Å². The molecule has 0 aliphatic carbocycles. The van der Waals surface area contributed by atoms with Crippen molar-refractivity contribution in [3.05, 3.63) is 0 Å². The zero-order valence-electron chi connectivity index (χ0n) is 10.7. The van der Waals surface area contributed by atoms with Gasteiger partial charge in [-0.25, -0.2) is 4.79 Å². The third-order valence-corrected chi connectivity index (χ3v) is 2.84. The van der Waals surface area contributed by atoms with Crippen LogP contribution in [0.3, 0.4) is 0 Å². The third-order valence-electron chi connectivity index (χ3n) is 2.84. The molecule has 0 spiro atoms. The number of rotatable bonds is 5. The first-order chi connectivity index (χ1) is 7.20. The van der Waals surface area contributed by atoms with Gasteiger partial charge in [0, 0.05) is 13.1 Å². The van der Waals surface area contributed by atoms with Crippen LogP contribution in [0.2, 0.25) is 0 Å². The lowest BCUT2D eigenvalue weighted by atomic mass is 9.89. The van der Waals surface area contributed by atoms with Crippen LogP contribution in [0.4, 0.5) is 0 Å². The highest BCUT2D eigenvalue weighted by molar-refractivity contribution is 5.68. The van der Waals surface area contributed by atoms with Gasteiger partial charge in [0.2, 0.25) is 0 Å². The van der Waals surface area contributed by atoms with Crippen LogP contribution in [-0.4, -0.2) is 47.8 Å². The van der Waals surface area contributed by atoms with E-state index in [-0.39, 0.29) is 12.2 Å². The maximum atomic E-state index is 10.4. The number of carbonyl (C=O) groups is 1. The molecule has 1 heterocycles. The molecule has 0 aromatic carbocycles. The van der Waals surface area contributed by atoms with Gasteiger partial charge in [-0.3, -0.25) is 4.90 Å². The van der Waals surface area contributed by atoms with Gasteiger partial charge in [0.15, 0.2) is 0 Å². The molecule has 1 fully saturated rings. The highest BCUT2D eigenvalue weighted by Gasteiger charge is 2.40. The van der Waals surface area contributed by atoms with E-state index >= 15 is 0 Å². The SMILES string of the molecule is CC(C)(C)CCN1CC(C)(OCC(=O)O)C1. The van der Waals surface area contributed by atoms with Gasteiger partial charge in [-0.15, -0.1) is 0 Å². The van der Waals surface area contributed by atoms with Gasteiger partial charge < -0.3 is 9.84 Å². The quantitative estimate of drug-likeness (QED) is 0.778. The second-order valence-corrected chi connectivity index (χ2v) is 6.15. The molecular weight excluding hydrogens is 206 g/mol. The smallest absolute Gasteiger partial charge is 0.329 e. The lowest BCUT2D eigenvalue weighted by molar-refractivity contribution is -0.165. The molecule has 1 N–H and O–H groups in total. The van der Waals surface area contributed by atoms with Crippen molar-refractivity contribution in [2.45, 2.75) is 39.7 Å². The van der Waals surface area contributed by atoms with Gasteiger partial charge in [-0.05, 0) is 25.3 Å². The van der Waals surface area contributed by atoms with E-state index in [2.05, 4.69) is 25.7 Å². The fourth-order valence-corrected chi connectivity index (χ4v) is 1.88. The second kappa shape index (κ2) is 4.72. The summed E-state index contributed by atoms with van der Waals surface area (Å²) in [6.07, 6.45) is 1.15. The van der Waals surface area contributed by atoms with Crippen molar-refractivity contribution in [3.63, 3.8) is 0 Å². The molecule has 1 aliphatic rings. The molecule has 0 aromatic rings. The highest BCUT2D eigenvalue weighted by Crippen LogP contribution is 2.27. The van der Waals surface area contributed by atoms with Gasteiger partial charge in [0.25, 0.3) is 0 Å². The number of aliphatic carboxylic acids is 1. The average molecular weight is 229 g/mol. The van der Waals surface area contributed by atoms with Gasteiger partial charge in [-0.1, -0.05) is 20.8 Å². The van der Waals surface area contributed by atoms with E-state index in [4.69, 9.17) is 9.84 Å². The number of carboxylic acids is 1. The predicted octanol–water partition coefficient (Wildman–Crippen LogP) is 1.60. The fourth-order valence-electron chi connectivity index (χ4n) is 1.88. The van der Waals surface area contributed by atoms with Crippen LogP contribution in [0.15, 0.2) is 0 Å². The van der Waals surface area contributed by atoms with E-state index in [0.717, 1.165) is 26.1 Å². The molecule has 1 aliphatic heterocycles. The van der Waals surface area contributed by atoms with Crippen LogP contribution in [0.5, 0.6) is 0 Å². The van der Waals surface area contributed by atoms with Crippen molar-refractivity contribution in [3.8, 4) is 0 Å². The predicted molar refractivity (Wildman–Crippen MR) is 62.5 cm³/mol. The molecule has 0 unspecified atom stereocenters. The lowest BCUT2D eigenvalue weighted by Crippen LogP contribution is -2.62. The molecule has 0 aromatic heterocycles. The average Bonchev–Trinajstić information content (AvgIpc) is 2.06. The molecule has 0 saturated carbocycles. The first-order valence-corrected chi connectivity index (χ1v) is 5.78. The zero-order valence-corrected chi connectivity index (χ0v) is 10.7. The molecule has 16 heavy (non-hydrogen) atoms. The van der Waals surface area contributed by atoms with E-state index in [0.29, 0.717) is 5.41 Å². The summed E-state index contributed by atoms with van der Waals surface area (Å²) in [7, 11) is 0. The van der Waals surface area contributed by atoms with Crippen LogP contribution < -0.4 is 0 Å². The Hall–Kier alpha value is -0.610. The topological polar surface area (TPSA) is 49.8 Å². The number of nitrogens with zero attached hydrogens (tertiary/aromatic N) is 1. The molecule has 4 nitrogen and oxygen atoms in total. The Kier molecular flexibility index (Phi) is 3.97. The normalized spacial score (nSPS) is 20.5. The number of ether oxygens (including phenoxy) is 1. The van der Waals surface area contributed by atoms with Crippen molar-refractivity contribution >= 4 is 5.97 Å². The minimum absolute atomic E-state index is 0.191. The monoisotopic (exact) mass is 229 g/mol. The van der Waals surface area contributed by atoms with Crippen LogP contribution in [0.1, 0.15) is 34.1 Å². The Labute approximate surface area is 97.6 Å². The summed E-state index contributed by atoms with van der Waals surface area (Å²) >= 11 is 0. The molecule has 1 rings (SSSR count). The Bertz CT molecular complexity index is 251.